The molecule has 3 aromatic rings. The lowest BCUT2D eigenvalue weighted by atomic mass is 10.1. The Balaban J connectivity index is 1.62. The smallest absolute Gasteiger partial charge is 0.223 e. The first-order valence-corrected chi connectivity index (χ1v) is 7.59. The molecule has 2 heterocycles. The highest BCUT2D eigenvalue weighted by Crippen LogP contribution is 2.22. The molecule has 0 aliphatic heterocycles. The number of aryl methyl sites for hydroxylation is 1. The Labute approximate surface area is 136 Å². The highest BCUT2D eigenvalue weighted by Gasteiger charge is 2.05. The third-order valence-electron chi connectivity index (χ3n) is 3.48. The maximum Gasteiger partial charge on any atom is 0.223 e. The van der Waals surface area contributed by atoms with Gasteiger partial charge in [-0.2, -0.15) is 0 Å². The third kappa shape index (κ3) is 4.37. The second-order valence-corrected chi connectivity index (χ2v) is 5.34. The van der Waals surface area contributed by atoms with E-state index < -0.39 is 0 Å². The zero-order valence-electron chi connectivity index (χ0n) is 13.1. The molecule has 1 N–H and O–H groups in total. The third-order valence-corrected chi connectivity index (χ3v) is 3.48. The fourth-order valence-electron chi connectivity index (χ4n) is 2.22. The van der Waals surface area contributed by atoms with Gasteiger partial charge in [0.2, 0.25) is 5.88 Å². The Morgan fingerprint density at radius 1 is 0.913 bits per heavy atom. The molecule has 0 aliphatic carbocycles. The molecule has 23 heavy (non-hydrogen) atoms. The number of pyridine rings is 2. The van der Waals surface area contributed by atoms with E-state index in [1.807, 2.05) is 24.3 Å². The maximum atomic E-state index is 5.84. The Kier molecular flexibility index (Phi) is 4.96. The van der Waals surface area contributed by atoms with E-state index in [9.17, 15) is 0 Å². The summed E-state index contributed by atoms with van der Waals surface area (Å²) in [6, 6.07) is 16.1. The average molecular weight is 305 g/mol. The summed E-state index contributed by atoms with van der Waals surface area (Å²) in [4.78, 5) is 8.31. The summed E-state index contributed by atoms with van der Waals surface area (Å²) in [5.74, 6) is 1.36. The highest BCUT2D eigenvalue weighted by molar-refractivity contribution is 5.31. The standard InChI is InChI=1S/C19H19N3O/c1-15-4-6-16(7-5-15)13-21-14-17-3-2-10-22-19(17)23-18-8-11-20-12-9-18/h2-12,21H,13-14H2,1H3. The molecule has 0 atom stereocenters. The molecule has 4 heteroatoms. The molecule has 2 aromatic heterocycles. The van der Waals surface area contributed by atoms with E-state index in [1.54, 1.807) is 18.6 Å². The summed E-state index contributed by atoms with van der Waals surface area (Å²) in [5.41, 5.74) is 3.56. The van der Waals surface area contributed by atoms with Crippen LogP contribution in [0.5, 0.6) is 11.6 Å². The van der Waals surface area contributed by atoms with Gasteiger partial charge in [0, 0.05) is 37.2 Å². The van der Waals surface area contributed by atoms with Gasteiger partial charge in [-0.3, -0.25) is 4.98 Å². The van der Waals surface area contributed by atoms with Crippen molar-refractivity contribution in [3.05, 3.63) is 83.8 Å². The lowest BCUT2D eigenvalue weighted by Crippen LogP contribution is -2.13. The number of rotatable bonds is 6. The molecule has 0 saturated carbocycles. The fourth-order valence-corrected chi connectivity index (χ4v) is 2.22. The summed E-state index contributed by atoms with van der Waals surface area (Å²) >= 11 is 0. The molecular formula is C19H19N3O. The summed E-state index contributed by atoms with van der Waals surface area (Å²) in [6.45, 7) is 3.60. The molecule has 0 amide bonds. The normalized spacial score (nSPS) is 10.5. The van der Waals surface area contributed by atoms with Gasteiger partial charge in [0.1, 0.15) is 5.75 Å². The number of nitrogens with one attached hydrogen (secondary N) is 1. The summed E-state index contributed by atoms with van der Waals surface area (Å²) in [6.07, 6.45) is 5.14. The first-order valence-electron chi connectivity index (χ1n) is 7.59. The van der Waals surface area contributed by atoms with Crippen molar-refractivity contribution in [2.45, 2.75) is 20.0 Å². The first-order chi connectivity index (χ1) is 11.3. The minimum absolute atomic E-state index is 0.620. The van der Waals surface area contributed by atoms with Crippen LogP contribution in [0.1, 0.15) is 16.7 Å². The topological polar surface area (TPSA) is 47.0 Å². The van der Waals surface area contributed by atoms with Crippen molar-refractivity contribution < 1.29 is 4.74 Å². The maximum absolute atomic E-state index is 5.84. The molecule has 1 aromatic carbocycles. The Morgan fingerprint density at radius 3 is 2.48 bits per heavy atom. The number of nitrogens with zero attached hydrogens (tertiary/aromatic N) is 2. The van der Waals surface area contributed by atoms with E-state index >= 15 is 0 Å². The quantitative estimate of drug-likeness (QED) is 0.751. The molecule has 0 radical (unpaired) electrons. The van der Waals surface area contributed by atoms with Gasteiger partial charge >= 0.3 is 0 Å². The van der Waals surface area contributed by atoms with Crippen LogP contribution < -0.4 is 10.1 Å². The zero-order valence-corrected chi connectivity index (χ0v) is 13.1. The van der Waals surface area contributed by atoms with Gasteiger partial charge in [0.25, 0.3) is 0 Å². The van der Waals surface area contributed by atoms with E-state index in [-0.39, 0.29) is 0 Å². The van der Waals surface area contributed by atoms with Crippen LogP contribution in [0.25, 0.3) is 0 Å². The molecule has 0 spiro atoms. The molecule has 4 nitrogen and oxygen atoms in total. The minimum Gasteiger partial charge on any atom is -0.439 e. The van der Waals surface area contributed by atoms with E-state index in [0.717, 1.165) is 17.9 Å². The number of aromatic nitrogens is 2. The van der Waals surface area contributed by atoms with Crippen LogP contribution >= 0.6 is 0 Å². The van der Waals surface area contributed by atoms with Crippen molar-refractivity contribution >= 4 is 0 Å². The van der Waals surface area contributed by atoms with Crippen LogP contribution in [0, 0.1) is 6.92 Å². The van der Waals surface area contributed by atoms with Gasteiger partial charge in [-0.15, -0.1) is 0 Å². The van der Waals surface area contributed by atoms with Crippen molar-refractivity contribution in [1.82, 2.24) is 15.3 Å². The van der Waals surface area contributed by atoms with Crippen LogP contribution in [0.15, 0.2) is 67.1 Å². The van der Waals surface area contributed by atoms with Gasteiger partial charge in [-0.05, 0) is 30.7 Å². The predicted molar refractivity (Wildman–Crippen MR) is 90.3 cm³/mol. The lowest BCUT2D eigenvalue weighted by molar-refractivity contribution is 0.452. The monoisotopic (exact) mass is 305 g/mol. The predicted octanol–water partition coefficient (Wildman–Crippen LogP) is 3.87. The number of ether oxygens (including phenoxy) is 1. The van der Waals surface area contributed by atoms with Gasteiger partial charge < -0.3 is 10.1 Å². The van der Waals surface area contributed by atoms with Crippen LogP contribution in [-0.2, 0) is 13.1 Å². The van der Waals surface area contributed by atoms with Gasteiger partial charge in [-0.25, -0.2) is 4.98 Å². The largest absolute Gasteiger partial charge is 0.439 e. The second-order valence-electron chi connectivity index (χ2n) is 5.34. The minimum atomic E-state index is 0.620. The molecule has 0 saturated heterocycles. The second kappa shape index (κ2) is 7.51. The molecule has 0 unspecified atom stereocenters. The molecule has 3 rings (SSSR count). The molecule has 0 bridgehead atoms. The summed E-state index contributed by atoms with van der Waals surface area (Å²) in [5, 5.41) is 3.43. The van der Waals surface area contributed by atoms with E-state index in [2.05, 4.69) is 46.5 Å². The number of hydrogen-bond acceptors (Lipinski definition) is 4. The van der Waals surface area contributed by atoms with Crippen molar-refractivity contribution in [1.29, 1.82) is 0 Å². The summed E-state index contributed by atoms with van der Waals surface area (Å²) < 4.78 is 5.84. The van der Waals surface area contributed by atoms with Crippen molar-refractivity contribution in [2.24, 2.45) is 0 Å². The Bertz CT molecular complexity index is 742. The van der Waals surface area contributed by atoms with E-state index in [4.69, 9.17) is 4.74 Å². The van der Waals surface area contributed by atoms with Crippen LogP contribution in [-0.4, -0.2) is 9.97 Å². The Morgan fingerprint density at radius 2 is 1.70 bits per heavy atom. The number of benzene rings is 1. The molecule has 0 fully saturated rings. The van der Waals surface area contributed by atoms with E-state index in [1.165, 1.54) is 11.1 Å². The fraction of sp³-hybridized carbons (Fsp3) is 0.158. The number of hydrogen-bond donors (Lipinski definition) is 1. The van der Waals surface area contributed by atoms with Crippen molar-refractivity contribution in [3.63, 3.8) is 0 Å². The van der Waals surface area contributed by atoms with Crippen LogP contribution in [0.4, 0.5) is 0 Å². The van der Waals surface area contributed by atoms with Gasteiger partial charge in [-0.1, -0.05) is 35.9 Å². The highest BCUT2D eigenvalue weighted by atomic mass is 16.5. The van der Waals surface area contributed by atoms with Crippen LogP contribution in [0.3, 0.4) is 0 Å². The average Bonchev–Trinajstić information content (AvgIpc) is 2.59. The van der Waals surface area contributed by atoms with E-state index in [0.29, 0.717) is 12.4 Å². The van der Waals surface area contributed by atoms with Crippen LogP contribution in [0.2, 0.25) is 0 Å². The van der Waals surface area contributed by atoms with Gasteiger partial charge in [0.15, 0.2) is 0 Å². The molecule has 116 valence electrons. The lowest BCUT2D eigenvalue weighted by Gasteiger charge is -2.10. The Hall–Kier alpha value is -2.72. The zero-order chi connectivity index (χ0) is 15.9. The van der Waals surface area contributed by atoms with Gasteiger partial charge in [0.05, 0.1) is 0 Å². The SMILES string of the molecule is Cc1ccc(CNCc2cccnc2Oc2ccncc2)cc1. The van der Waals surface area contributed by atoms with Crippen molar-refractivity contribution in [2.75, 3.05) is 0 Å². The molecular weight excluding hydrogens is 286 g/mol. The molecule has 0 aliphatic rings. The summed E-state index contributed by atoms with van der Waals surface area (Å²) in [7, 11) is 0. The first kappa shape index (κ1) is 15.2. The van der Waals surface area contributed by atoms with Crippen molar-refractivity contribution in [3.8, 4) is 11.6 Å².